The van der Waals surface area contributed by atoms with Crippen LogP contribution in [-0.4, -0.2) is 35.9 Å². The first-order chi connectivity index (χ1) is 12.5. The molecule has 8 heteroatoms. The molecule has 0 aliphatic carbocycles. The van der Waals surface area contributed by atoms with Gasteiger partial charge in [-0.05, 0) is 60.9 Å². The van der Waals surface area contributed by atoms with Crippen molar-refractivity contribution in [1.29, 1.82) is 0 Å². The second-order valence-corrected chi connectivity index (χ2v) is 7.24. The maximum Gasteiger partial charge on any atom is 0.288 e. The highest BCUT2D eigenvalue weighted by atomic mass is 32.1. The first kappa shape index (κ1) is 18.6. The van der Waals surface area contributed by atoms with E-state index in [0.717, 1.165) is 34.0 Å². The lowest BCUT2D eigenvalue weighted by molar-refractivity contribution is 0.240. The molecule has 3 aromatic rings. The maximum absolute atomic E-state index is 5.61. The van der Waals surface area contributed by atoms with E-state index >= 15 is 0 Å². The number of hydrogen-bond donors (Lipinski definition) is 0. The Morgan fingerprint density at radius 1 is 1.27 bits per heavy atom. The Bertz CT molecular complexity index is 932. The minimum Gasteiger partial charge on any atom is -0.493 e. The second-order valence-electron chi connectivity index (χ2n) is 5.94. The number of benzene rings is 1. The molecule has 0 saturated carbocycles. The van der Waals surface area contributed by atoms with Crippen molar-refractivity contribution < 1.29 is 13.9 Å². The maximum atomic E-state index is 5.61. The molecule has 0 fully saturated rings. The highest BCUT2D eigenvalue weighted by molar-refractivity contribution is 7.71. The lowest BCUT2D eigenvalue weighted by Gasteiger charge is -2.19. The predicted octanol–water partition coefficient (Wildman–Crippen LogP) is 4.35. The van der Waals surface area contributed by atoms with Gasteiger partial charge in [-0.25, -0.2) is 4.68 Å². The highest BCUT2D eigenvalue weighted by Gasteiger charge is 2.13. The van der Waals surface area contributed by atoms with E-state index in [1.54, 1.807) is 30.2 Å². The van der Waals surface area contributed by atoms with Crippen molar-refractivity contribution in [3.8, 4) is 22.3 Å². The number of thiophene rings is 1. The van der Waals surface area contributed by atoms with Gasteiger partial charge in [0.2, 0.25) is 0 Å². The Labute approximate surface area is 161 Å². The number of ether oxygens (including phenoxy) is 2. The van der Waals surface area contributed by atoms with Gasteiger partial charge < -0.3 is 13.9 Å². The van der Waals surface area contributed by atoms with Gasteiger partial charge >= 0.3 is 0 Å². The number of methoxy groups -OCH3 is 2. The van der Waals surface area contributed by atoms with E-state index < -0.39 is 0 Å². The van der Waals surface area contributed by atoms with Crippen molar-refractivity contribution in [2.45, 2.75) is 20.1 Å². The molecule has 2 heterocycles. The Kier molecular flexibility index (Phi) is 5.75. The van der Waals surface area contributed by atoms with Crippen LogP contribution in [-0.2, 0) is 13.2 Å². The molecule has 0 bridgehead atoms. The zero-order valence-electron chi connectivity index (χ0n) is 15.2. The minimum atomic E-state index is 0.365. The summed E-state index contributed by atoms with van der Waals surface area (Å²) in [6.45, 7) is 3.30. The first-order valence-electron chi connectivity index (χ1n) is 8.03. The molecule has 138 valence electrons. The Morgan fingerprint density at radius 3 is 2.65 bits per heavy atom. The molecule has 26 heavy (non-hydrogen) atoms. The fourth-order valence-electron chi connectivity index (χ4n) is 2.66. The molecule has 0 spiro atoms. The fourth-order valence-corrected chi connectivity index (χ4v) is 3.48. The lowest BCUT2D eigenvalue weighted by Crippen LogP contribution is -2.23. The van der Waals surface area contributed by atoms with E-state index in [4.69, 9.17) is 26.1 Å². The van der Waals surface area contributed by atoms with Gasteiger partial charge in [0.05, 0.1) is 25.8 Å². The van der Waals surface area contributed by atoms with Gasteiger partial charge in [0, 0.05) is 6.54 Å². The molecule has 0 saturated heterocycles. The van der Waals surface area contributed by atoms with Gasteiger partial charge in [-0.15, -0.1) is 16.4 Å². The summed E-state index contributed by atoms with van der Waals surface area (Å²) in [6.07, 6.45) is 0. The molecule has 0 atom stereocenters. The van der Waals surface area contributed by atoms with Gasteiger partial charge in [-0.1, -0.05) is 6.07 Å². The molecule has 0 N–H and O–H groups in total. The summed E-state index contributed by atoms with van der Waals surface area (Å²) in [6, 6.07) is 7.92. The highest BCUT2D eigenvalue weighted by Crippen LogP contribution is 2.30. The van der Waals surface area contributed by atoms with Crippen LogP contribution in [0.15, 0.2) is 34.1 Å². The Balaban J connectivity index is 1.75. The van der Waals surface area contributed by atoms with E-state index in [9.17, 15) is 0 Å². The molecule has 1 aromatic carbocycles. The lowest BCUT2D eigenvalue weighted by atomic mass is 10.1. The van der Waals surface area contributed by atoms with Crippen LogP contribution < -0.4 is 9.47 Å². The molecule has 0 radical (unpaired) electrons. The van der Waals surface area contributed by atoms with Crippen molar-refractivity contribution >= 4 is 23.6 Å². The number of aryl methyl sites for hydroxylation is 1. The average Bonchev–Trinajstić information content (AvgIpc) is 3.26. The summed E-state index contributed by atoms with van der Waals surface area (Å²) in [5, 5.41) is 6.47. The van der Waals surface area contributed by atoms with Gasteiger partial charge in [-0.3, -0.25) is 4.90 Å². The molecule has 0 aliphatic rings. The van der Waals surface area contributed by atoms with Gasteiger partial charge in [0.25, 0.3) is 10.7 Å². The van der Waals surface area contributed by atoms with Crippen LogP contribution in [0.4, 0.5) is 0 Å². The summed E-state index contributed by atoms with van der Waals surface area (Å²) in [7, 11) is 5.29. The fraction of sp³-hybridized carbons (Fsp3) is 0.333. The molecule has 6 nitrogen and oxygen atoms in total. The zero-order chi connectivity index (χ0) is 18.7. The predicted molar refractivity (Wildman–Crippen MR) is 104 cm³/mol. The van der Waals surface area contributed by atoms with Crippen LogP contribution in [0.2, 0.25) is 0 Å². The largest absolute Gasteiger partial charge is 0.493 e. The molecule has 2 aromatic heterocycles. The SMILES string of the molecule is COc1cc(C)c(CN(C)Cn2nc(-c3cccs3)oc2=S)cc1OC. The zero-order valence-corrected chi connectivity index (χ0v) is 16.8. The smallest absolute Gasteiger partial charge is 0.288 e. The van der Waals surface area contributed by atoms with E-state index in [1.807, 2.05) is 36.7 Å². The summed E-state index contributed by atoms with van der Waals surface area (Å²) in [5.74, 6) is 2.01. The van der Waals surface area contributed by atoms with Crippen LogP contribution in [0.5, 0.6) is 11.5 Å². The van der Waals surface area contributed by atoms with Crippen molar-refractivity contribution in [1.82, 2.24) is 14.7 Å². The monoisotopic (exact) mass is 391 g/mol. The van der Waals surface area contributed by atoms with Crippen molar-refractivity contribution in [3.63, 3.8) is 0 Å². The molecule has 3 rings (SSSR count). The third-order valence-corrected chi connectivity index (χ3v) is 5.15. The number of aromatic nitrogens is 2. The van der Waals surface area contributed by atoms with Crippen LogP contribution >= 0.6 is 23.6 Å². The summed E-state index contributed by atoms with van der Waals surface area (Å²) in [5.41, 5.74) is 2.29. The Hall–Kier alpha value is -2.16. The van der Waals surface area contributed by atoms with Gasteiger partial charge in [-0.2, -0.15) is 0 Å². The van der Waals surface area contributed by atoms with E-state index in [2.05, 4.69) is 16.9 Å². The number of hydrogen-bond acceptors (Lipinski definition) is 7. The minimum absolute atomic E-state index is 0.365. The molecule has 0 aliphatic heterocycles. The first-order valence-corrected chi connectivity index (χ1v) is 9.32. The van der Waals surface area contributed by atoms with Crippen LogP contribution in [0.25, 0.3) is 10.8 Å². The summed E-state index contributed by atoms with van der Waals surface area (Å²) >= 11 is 6.88. The van der Waals surface area contributed by atoms with E-state index in [1.165, 1.54) is 0 Å². The topological polar surface area (TPSA) is 52.7 Å². The normalized spacial score (nSPS) is 11.1. The Morgan fingerprint density at radius 2 is 2.00 bits per heavy atom. The third kappa shape index (κ3) is 3.98. The quantitative estimate of drug-likeness (QED) is 0.558. The van der Waals surface area contributed by atoms with Crippen molar-refractivity contribution in [2.24, 2.45) is 0 Å². The second kappa shape index (κ2) is 8.03. The molecular weight excluding hydrogens is 370 g/mol. The van der Waals surface area contributed by atoms with Gasteiger partial charge in [0.15, 0.2) is 11.5 Å². The summed E-state index contributed by atoms with van der Waals surface area (Å²) in [4.78, 5) is 3.45. The molecule has 0 unspecified atom stereocenters. The van der Waals surface area contributed by atoms with Crippen LogP contribution in [0, 0.1) is 11.8 Å². The average molecular weight is 392 g/mol. The van der Waals surface area contributed by atoms with E-state index in [0.29, 0.717) is 17.4 Å². The van der Waals surface area contributed by atoms with Crippen molar-refractivity contribution in [2.75, 3.05) is 21.3 Å². The third-order valence-electron chi connectivity index (χ3n) is 4.00. The molecule has 0 amide bonds. The van der Waals surface area contributed by atoms with E-state index in [-0.39, 0.29) is 0 Å². The van der Waals surface area contributed by atoms with Crippen LogP contribution in [0.1, 0.15) is 11.1 Å². The number of nitrogens with zero attached hydrogens (tertiary/aromatic N) is 3. The van der Waals surface area contributed by atoms with Gasteiger partial charge in [0.1, 0.15) is 0 Å². The standard InChI is InChI=1S/C18H21N3O3S2/c1-12-8-14(22-3)15(23-4)9-13(12)10-20(2)11-21-18(25)24-17(19-21)16-6-5-7-26-16/h5-9H,10-11H2,1-4H3. The summed E-state index contributed by atoms with van der Waals surface area (Å²) < 4.78 is 18.1. The number of rotatable bonds is 7. The van der Waals surface area contributed by atoms with Crippen molar-refractivity contribution in [3.05, 3.63) is 45.6 Å². The van der Waals surface area contributed by atoms with Crippen LogP contribution in [0.3, 0.4) is 0 Å². The molecular formula is C18H21N3O3S2.